The van der Waals surface area contributed by atoms with E-state index in [1.165, 1.54) is 51.4 Å². The largest absolute Gasteiger partial charge is 0.477 e. The molecule has 0 amide bonds. The minimum Gasteiger partial charge on any atom is -0.477 e. The predicted octanol–water partition coefficient (Wildman–Crippen LogP) is 14.4. The Morgan fingerprint density at radius 3 is 1.34 bits per heavy atom. The maximum atomic E-state index is 12.8. The highest BCUT2D eigenvalue weighted by Crippen LogP contribution is 2.13. The molecule has 8 heteroatoms. The molecule has 0 aromatic rings. The molecule has 0 aromatic carbocycles. The first-order valence-electron chi connectivity index (χ1n) is 24.9. The van der Waals surface area contributed by atoms with Gasteiger partial charge in [0.1, 0.15) is 6.61 Å². The average Bonchev–Trinajstić information content (AvgIpc) is 3.26. The molecular weight excluding hydrogens is 799 g/mol. The monoisotopic (exact) mass is 891 g/mol. The lowest BCUT2D eigenvalue weighted by Crippen LogP contribution is -2.50. The van der Waals surface area contributed by atoms with Crippen LogP contribution in [0, 0.1) is 0 Å². The fraction of sp³-hybridized carbons (Fsp3) is 0.625. The summed E-state index contributed by atoms with van der Waals surface area (Å²) in [5, 5.41) is 9.65. The van der Waals surface area contributed by atoms with E-state index in [2.05, 4.69) is 123 Å². The molecule has 0 heterocycles. The summed E-state index contributed by atoms with van der Waals surface area (Å²) in [4.78, 5) is 37.1. The number of carbonyl (C=O) groups is 3. The molecule has 2 unspecified atom stereocenters. The third kappa shape index (κ3) is 43.3. The lowest BCUT2D eigenvalue weighted by Gasteiger charge is -2.31. The standard InChI is InChI=1S/C56H91NO7/c1-6-8-10-12-14-16-18-20-22-24-25-26-27-28-29-31-33-35-37-39-41-43-45-47-55(59)64-52(50-62-49-48-53(56(60)61)57(3,4)5)51-63-54(58)46-44-42-40-38-36-34-32-30-23-21-19-17-15-13-11-9-7-2/h8,10,14-17,20-23,25-26,28-29,33,35,39,41,52-53H,6-7,9,11-13,18-19,24,27,30-32,34,36-38,40,42-51H2,1-5H3/p+1/b10-8+,16-14+,17-15+,22-20+,23-21+,26-25+,29-28+,35-33+,41-39+. The van der Waals surface area contributed by atoms with Gasteiger partial charge < -0.3 is 23.8 Å². The second-order valence-corrected chi connectivity index (χ2v) is 17.3. The number of quaternary nitrogens is 1. The van der Waals surface area contributed by atoms with E-state index < -0.39 is 18.1 Å². The van der Waals surface area contributed by atoms with Gasteiger partial charge in [-0.15, -0.1) is 0 Å². The van der Waals surface area contributed by atoms with Crippen LogP contribution in [0.5, 0.6) is 0 Å². The van der Waals surface area contributed by atoms with E-state index in [4.69, 9.17) is 14.2 Å². The quantitative estimate of drug-likeness (QED) is 0.0282. The molecule has 0 rings (SSSR count). The molecule has 0 aliphatic heterocycles. The van der Waals surface area contributed by atoms with Gasteiger partial charge in [0.2, 0.25) is 0 Å². The van der Waals surface area contributed by atoms with E-state index in [1.807, 2.05) is 21.1 Å². The molecule has 0 spiro atoms. The van der Waals surface area contributed by atoms with Crippen LogP contribution >= 0.6 is 0 Å². The van der Waals surface area contributed by atoms with Crippen LogP contribution in [-0.2, 0) is 28.6 Å². The van der Waals surface area contributed by atoms with Gasteiger partial charge in [-0.3, -0.25) is 9.59 Å². The molecule has 1 N–H and O–H groups in total. The molecule has 8 nitrogen and oxygen atoms in total. The lowest BCUT2D eigenvalue weighted by molar-refractivity contribution is -0.887. The first-order chi connectivity index (χ1) is 31.1. The first-order valence-corrected chi connectivity index (χ1v) is 24.9. The Labute approximate surface area is 391 Å². The summed E-state index contributed by atoms with van der Waals surface area (Å²) >= 11 is 0. The Hall–Kier alpha value is -4.01. The predicted molar refractivity (Wildman–Crippen MR) is 270 cm³/mol. The van der Waals surface area contributed by atoms with E-state index in [0.29, 0.717) is 19.3 Å². The fourth-order valence-corrected chi connectivity index (χ4v) is 6.58. The van der Waals surface area contributed by atoms with Crippen LogP contribution in [-0.4, -0.2) is 80.6 Å². The van der Waals surface area contributed by atoms with Crippen LogP contribution in [0.1, 0.15) is 174 Å². The molecule has 64 heavy (non-hydrogen) atoms. The molecule has 0 aliphatic carbocycles. The highest BCUT2D eigenvalue weighted by Gasteiger charge is 2.31. The maximum Gasteiger partial charge on any atom is 0.362 e. The third-order valence-corrected chi connectivity index (χ3v) is 10.4. The van der Waals surface area contributed by atoms with E-state index >= 15 is 0 Å². The van der Waals surface area contributed by atoms with Crippen LogP contribution in [0.25, 0.3) is 0 Å². The van der Waals surface area contributed by atoms with Crippen LogP contribution < -0.4 is 0 Å². The molecule has 0 bridgehead atoms. The second kappa shape index (κ2) is 45.6. The zero-order valence-electron chi connectivity index (χ0n) is 41.2. The number of carbonyl (C=O) groups excluding carboxylic acids is 2. The number of rotatable bonds is 43. The third-order valence-electron chi connectivity index (χ3n) is 10.4. The van der Waals surface area contributed by atoms with Gasteiger partial charge in [0.25, 0.3) is 0 Å². The topological polar surface area (TPSA) is 99.1 Å². The Kier molecular flexibility index (Phi) is 42.7. The zero-order chi connectivity index (χ0) is 47.0. The fourth-order valence-electron chi connectivity index (χ4n) is 6.58. The van der Waals surface area contributed by atoms with Gasteiger partial charge >= 0.3 is 17.9 Å². The van der Waals surface area contributed by atoms with Crippen LogP contribution in [0.15, 0.2) is 109 Å². The number of esters is 2. The molecule has 0 radical (unpaired) electrons. The van der Waals surface area contributed by atoms with E-state index in [9.17, 15) is 19.5 Å². The summed E-state index contributed by atoms with van der Waals surface area (Å²) in [6.07, 6.45) is 62.8. The molecule has 0 aromatic heterocycles. The smallest absolute Gasteiger partial charge is 0.362 e. The van der Waals surface area contributed by atoms with Crippen LogP contribution in [0.3, 0.4) is 0 Å². The number of aliphatic carboxylic acids is 1. The Morgan fingerprint density at radius 2 is 0.891 bits per heavy atom. The van der Waals surface area contributed by atoms with Crippen molar-refractivity contribution < 1.29 is 38.2 Å². The van der Waals surface area contributed by atoms with Crippen LogP contribution in [0.4, 0.5) is 0 Å². The van der Waals surface area contributed by atoms with Gasteiger partial charge in [-0.2, -0.15) is 0 Å². The zero-order valence-corrected chi connectivity index (χ0v) is 41.2. The van der Waals surface area contributed by atoms with Crippen molar-refractivity contribution in [3.63, 3.8) is 0 Å². The number of allylic oxidation sites excluding steroid dienone is 18. The number of ether oxygens (including phenoxy) is 3. The Balaban J connectivity index is 4.43. The van der Waals surface area contributed by atoms with E-state index in [0.717, 1.165) is 83.5 Å². The molecule has 0 fully saturated rings. The molecule has 0 saturated carbocycles. The van der Waals surface area contributed by atoms with E-state index in [-0.39, 0.29) is 42.7 Å². The van der Waals surface area contributed by atoms with Crippen molar-refractivity contribution in [1.82, 2.24) is 0 Å². The molecule has 2 atom stereocenters. The number of hydrogen-bond donors (Lipinski definition) is 1. The van der Waals surface area contributed by atoms with Gasteiger partial charge in [0.05, 0.1) is 34.4 Å². The van der Waals surface area contributed by atoms with Crippen molar-refractivity contribution in [3.05, 3.63) is 109 Å². The summed E-state index contributed by atoms with van der Waals surface area (Å²) in [5.41, 5.74) is 0. The van der Waals surface area contributed by atoms with Crippen molar-refractivity contribution in [2.75, 3.05) is 41.0 Å². The number of unbranched alkanes of at least 4 members (excludes halogenated alkanes) is 11. The highest BCUT2D eigenvalue weighted by atomic mass is 16.6. The maximum absolute atomic E-state index is 12.8. The summed E-state index contributed by atoms with van der Waals surface area (Å²) < 4.78 is 17.3. The van der Waals surface area contributed by atoms with Crippen molar-refractivity contribution in [2.45, 2.75) is 187 Å². The Morgan fingerprint density at radius 1 is 0.484 bits per heavy atom. The minimum atomic E-state index is -0.890. The second-order valence-electron chi connectivity index (χ2n) is 17.3. The van der Waals surface area contributed by atoms with Gasteiger partial charge in [0, 0.05) is 19.3 Å². The normalized spacial score (nSPS) is 13.8. The van der Waals surface area contributed by atoms with Crippen molar-refractivity contribution in [2.24, 2.45) is 0 Å². The molecule has 0 saturated heterocycles. The van der Waals surface area contributed by atoms with Crippen molar-refractivity contribution >= 4 is 17.9 Å². The van der Waals surface area contributed by atoms with Gasteiger partial charge in [0.15, 0.2) is 12.1 Å². The average molecular weight is 891 g/mol. The summed E-state index contributed by atoms with van der Waals surface area (Å²) in [6, 6.07) is -0.633. The number of likely N-dealkylation sites (N-methyl/N-ethyl adjacent to an activating group) is 1. The minimum absolute atomic E-state index is 0.0281. The van der Waals surface area contributed by atoms with Crippen molar-refractivity contribution in [1.29, 1.82) is 0 Å². The lowest BCUT2D eigenvalue weighted by atomic mass is 10.1. The SMILES string of the molecule is CC/C=C/C/C=C/C/C=C/C/C=C/C/C=C/C/C=C/C/C=C/CCCC(=O)OC(COCCC(C(=O)O)[N+](C)(C)C)COC(=O)CCCCCCCCC/C=C/C/C=C/CCCCC. The molecule has 362 valence electrons. The van der Waals surface area contributed by atoms with Crippen LogP contribution in [0.2, 0.25) is 0 Å². The molecule has 0 aliphatic rings. The molecular formula is C56H92NO7+. The number of carboxylic acid groups (broad SMARTS) is 1. The van der Waals surface area contributed by atoms with Gasteiger partial charge in [-0.05, 0) is 96.3 Å². The Bertz CT molecular complexity index is 1410. The summed E-state index contributed by atoms with van der Waals surface area (Å²) in [6.45, 7) is 4.51. The number of carboxylic acids is 1. The number of hydrogen-bond acceptors (Lipinski definition) is 6. The van der Waals surface area contributed by atoms with Crippen molar-refractivity contribution in [3.8, 4) is 0 Å². The summed E-state index contributed by atoms with van der Waals surface area (Å²) in [5.74, 6) is -1.57. The highest BCUT2D eigenvalue weighted by molar-refractivity contribution is 5.72. The van der Waals surface area contributed by atoms with Gasteiger partial charge in [-0.25, -0.2) is 4.79 Å². The first kappa shape index (κ1) is 60.0. The summed E-state index contributed by atoms with van der Waals surface area (Å²) in [7, 11) is 5.50. The van der Waals surface area contributed by atoms with Gasteiger partial charge in [-0.1, -0.05) is 168 Å². The van der Waals surface area contributed by atoms with E-state index in [1.54, 1.807) is 0 Å². The number of nitrogens with zero attached hydrogens (tertiary/aromatic N) is 1.